The van der Waals surface area contributed by atoms with Crippen molar-refractivity contribution in [1.29, 1.82) is 0 Å². The predicted octanol–water partition coefficient (Wildman–Crippen LogP) is 2.23. The molecule has 126 valence electrons. The highest BCUT2D eigenvalue weighted by Crippen LogP contribution is 2.34. The lowest BCUT2D eigenvalue weighted by Crippen LogP contribution is -2.40. The minimum atomic E-state index is 0.176. The van der Waals surface area contributed by atoms with Crippen LogP contribution in [0.4, 0.5) is 0 Å². The zero-order valence-corrected chi connectivity index (χ0v) is 13.6. The summed E-state index contributed by atoms with van der Waals surface area (Å²) < 4.78 is 11.0. The van der Waals surface area contributed by atoms with Crippen LogP contribution in [0.5, 0.6) is 0 Å². The van der Waals surface area contributed by atoms with Crippen LogP contribution in [-0.2, 0) is 19.1 Å². The number of carbonyl (C=O) groups is 2. The Kier molecular flexibility index (Phi) is 5.49. The summed E-state index contributed by atoms with van der Waals surface area (Å²) in [4.78, 5) is 25.8. The molecule has 1 saturated carbocycles. The monoisotopic (exact) mass is 319 g/mol. The topological polar surface area (TPSA) is 55.8 Å². The van der Waals surface area contributed by atoms with E-state index in [0.717, 1.165) is 30.6 Å². The molecule has 3 aliphatic rings. The van der Waals surface area contributed by atoms with Crippen LogP contribution in [0.2, 0.25) is 0 Å². The lowest BCUT2D eigenvalue weighted by Gasteiger charge is -2.27. The molecule has 0 aromatic carbocycles. The largest absolute Gasteiger partial charge is 0.494 e. The summed E-state index contributed by atoms with van der Waals surface area (Å²) in [6.45, 7) is 3.18. The van der Waals surface area contributed by atoms with E-state index in [1.54, 1.807) is 0 Å². The Morgan fingerprint density at radius 2 is 2.17 bits per heavy atom. The average molecular weight is 319 g/mol. The van der Waals surface area contributed by atoms with Gasteiger partial charge in [-0.05, 0) is 43.8 Å². The van der Waals surface area contributed by atoms with E-state index in [0.29, 0.717) is 58.1 Å². The Morgan fingerprint density at radius 3 is 3.00 bits per heavy atom. The molecule has 1 heterocycles. The van der Waals surface area contributed by atoms with Crippen LogP contribution >= 0.6 is 0 Å². The molecule has 1 saturated heterocycles. The fraction of sp³-hybridized carbons (Fsp3) is 0.667. The van der Waals surface area contributed by atoms with Crippen molar-refractivity contribution in [3.05, 3.63) is 23.5 Å². The molecule has 1 atom stereocenters. The van der Waals surface area contributed by atoms with Gasteiger partial charge in [-0.3, -0.25) is 9.59 Å². The molecule has 3 rings (SSSR count). The third kappa shape index (κ3) is 4.22. The van der Waals surface area contributed by atoms with Gasteiger partial charge in [-0.1, -0.05) is 0 Å². The van der Waals surface area contributed by atoms with Gasteiger partial charge in [-0.25, -0.2) is 0 Å². The lowest BCUT2D eigenvalue weighted by atomic mass is 9.79. The van der Waals surface area contributed by atoms with Gasteiger partial charge in [0, 0.05) is 31.5 Å². The zero-order valence-electron chi connectivity index (χ0n) is 13.6. The standard InChI is InChI=1S/C18H25NO4/c20-17-4-1-3-14-6-7-15(13-16(14)17)23-10-2-5-18(21)19-8-11-22-12-9-19/h7,13-14H,1-6,8-12H2. The number of ether oxygens (including phenoxy) is 2. The van der Waals surface area contributed by atoms with Gasteiger partial charge in [0.25, 0.3) is 0 Å². The van der Waals surface area contributed by atoms with Crippen LogP contribution < -0.4 is 0 Å². The van der Waals surface area contributed by atoms with Crippen molar-refractivity contribution < 1.29 is 19.1 Å². The molecular weight excluding hydrogens is 294 g/mol. The Labute approximate surface area is 137 Å². The molecule has 0 radical (unpaired) electrons. The van der Waals surface area contributed by atoms with E-state index in [1.807, 2.05) is 11.0 Å². The molecule has 2 fully saturated rings. The number of hydrogen-bond donors (Lipinski definition) is 0. The third-order valence-electron chi connectivity index (χ3n) is 4.79. The van der Waals surface area contributed by atoms with Gasteiger partial charge in [-0.2, -0.15) is 0 Å². The van der Waals surface area contributed by atoms with Crippen LogP contribution in [0.1, 0.15) is 38.5 Å². The smallest absolute Gasteiger partial charge is 0.222 e. The summed E-state index contributed by atoms with van der Waals surface area (Å²) in [5, 5.41) is 0. The SMILES string of the molecule is O=C1CCCC2CC=C(OCCCC(=O)N3CCOCC3)C=C12. The Hall–Kier alpha value is -1.62. The molecule has 1 unspecified atom stereocenters. The number of nitrogens with zero attached hydrogens (tertiary/aromatic N) is 1. The van der Waals surface area contributed by atoms with Gasteiger partial charge >= 0.3 is 0 Å². The van der Waals surface area contributed by atoms with Crippen molar-refractivity contribution in [2.75, 3.05) is 32.9 Å². The number of allylic oxidation sites excluding steroid dienone is 3. The van der Waals surface area contributed by atoms with E-state index < -0.39 is 0 Å². The first-order valence-corrected chi connectivity index (χ1v) is 8.67. The summed E-state index contributed by atoms with van der Waals surface area (Å²) in [6.07, 6.45) is 8.89. The maximum absolute atomic E-state index is 12.0. The van der Waals surface area contributed by atoms with E-state index in [-0.39, 0.29) is 11.7 Å². The summed E-state index contributed by atoms with van der Waals surface area (Å²) in [5.41, 5.74) is 0.943. The number of amides is 1. The zero-order chi connectivity index (χ0) is 16.1. The number of carbonyl (C=O) groups excluding carboxylic acids is 2. The molecule has 1 amide bonds. The van der Waals surface area contributed by atoms with Gasteiger partial charge in [0.1, 0.15) is 5.76 Å². The first-order chi connectivity index (χ1) is 11.2. The highest BCUT2D eigenvalue weighted by molar-refractivity contribution is 5.97. The number of fused-ring (bicyclic) bond motifs is 1. The predicted molar refractivity (Wildman–Crippen MR) is 85.7 cm³/mol. The summed E-state index contributed by atoms with van der Waals surface area (Å²) in [7, 11) is 0. The molecule has 2 aliphatic carbocycles. The first-order valence-electron chi connectivity index (χ1n) is 8.67. The van der Waals surface area contributed by atoms with E-state index in [2.05, 4.69) is 6.08 Å². The third-order valence-corrected chi connectivity index (χ3v) is 4.79. The molecule has 0 N–H and O–H groups in total. The van der Waals surface area contributed by atoms with Crippen molar-refractivity contribution in [2.24, 2.45) is 5.92 Å². The van der Waals surface area contributed by atoms with Crippen LogP contribution in [0.3, 0.4) is 0 Å². The van der Waals surface area contributed by atoms with Crippen molar-refractivity contribution in [1.82, 2.24) is 4.90 Å². The van der Waals surface area contributed by atoms with Crippen LogP contribution in [0.15, 0.2) is 23.5 Å². The Bertz CT molecular complexity index is 517. The van der Waals surface area contributed by atoms with Gasteiger partial charge < -0.3 is 14.4 Å². The molecular formula is C18H25NO4. The quantitative estimate of drug-likeness (QED) is 0.729. The van der Waals surface area contributed by atoms with E-state index in [9.17, 15) is 9.59 Å². The average Bonchev–Trinajstić information content (AvgIpc) is 2.60. The molecule has 0 spiro atoms. The van der Waals surface area contributed by atoms with Crippen molar-refractivity contribution in [2.45, 2.75) is 38.5 Å². The van der Waals surface area contributed by atoms with Gasteiger partial charge in [0.2, 0.25) is 5.91 Å². The van der Waals surface area contributed by atoms with Gasteiger partial charge in [-0.15, -0.1) is 0 Å². The second-order valence-electron chi connectivity index (χ2n) is 6.40. The Morgan fingerprint density at radius 1 is 1.35 bits per heavy atom. The van der Waals surface area contributed by atoms with Gasteiger partial charge in [0.15, 0.2) is 5.78 Å². The normalized spacial score (nSPS) is 24.6. The van der Waals surface area contributed by atoms with E-state index in [1.165, 1.54) is 0 Å². The molecule has 5 nitrogen and oxygen atoms in total. The van der Waals surface area contributed by atoms with Crippen molar-refractivity contribution in [3.8, 4) is 0 Å². The summed E-state index contributed by atoms with van der Waals surface area (Å²) in [5.74, 6) is 1.64. The number of Topliss-reactive ketones (excluding diaryl/α,β-unsaturated/α-hetero) is 1. The van der Waals surface area contributed by atoms with E-state index >= 15 is 0 Å². The fourth-order valence-electron chi connectivity index (χ4n) is 3.44. The molecule has 0 aromatic rings. The van der Waals surface area contributed by atoms with Crippen molar-refractivity contribution in [3.63, 3.8) is 0 Å². The maximum atomic E-state index is 12.0. The molecule has 0 aromatic heterocycles. The van der Waals surface area contributed by atoms with E-state index in [4.69, 9.17) is 9.47 Å². The number of hydrogen-bond acceptors (Lipinski definition) is 4. The summed E-state index contributed by atoms with van der Waals surface area (Å²) in [6, 6.07) is 0. The second kappa shape index (κ2) is 7.77. The summed E-state index contributed by atoms with van der Waals surface area (Å²) >= 11 is 0. The number of ketones is 1. The van der Waals surface area contributed by atoms with Crippen LogP contribution in [-0.4, -0.2) is 49.5 Å². The minimum Gasteiger partial charge on any atom is -0.494 e. The Balaban J connectivity index is 1.40. The van der Waals surface area contributed by atoms with Crippen LogP contribution in [0.25, 0.3) is 0 Å². The minimum absolute atomic E-state index is 0.176. The highest BCUT2D eigenvalue weighted by atomic mass is 16.5. The molecule has 0 bridgehead atoms. The molecule has 23 heavy (non-hydrogen) atoms. The van der Waals surface area contributed by atoms with Gasteiger partial charge in [0.05, 0.1) is 19.8 Å². The first kappa shape index (κ1) is 16.2. The second-order valence-corrected chi connectivity index (χ2v) is 6.40. The fourth-order valence-corrected chi connectivity index (χ4v) is 3.44. The maximum Gasteiger partial charge on any atom is 0.222 e. The molecule has 5 heteroatoms. The van der Waals surface area contributed by atoms with Crippen LogP contribution in [0, 0.1) is 5.92 Å². The van der Waals surface area contributed by atoms with Crippen molar-refractivity contribution >= 4 is 11.7 Å². The highest BCUT2D eigenvalue weighted by Gasteiger charge is 2.27. The number of morpholine rings is 1. The lowest BCUT2D eigenvalue weighted by molar-refractivity contribution is -0.135. The number of rotatable bonds is 5. The molecule has 1 aliphatic heterocycles.